The van der Waals surface area contributed by atoms with Gasteiger partial charge in [-0.05, 0) is 82.8 Å². The molecule has 4 aromatic rings. The van der Waals surface area contributed by atoms with Gasteiger partial charge in [-0.15, -0.1) is 34.0 Å². The highest BCUT2D eigenvalue weighted by Gasteiger charge is 2.40. The fourth-order valence-corrected chi connectivity index (χ4v) is 12.8. The van der Waals surface area contributed by atoms with Crippen molar-refractivity contribution in [1.29, 1.82) is 0 Å². The molecule has 0 spiro atoms. The summed E-state index contributed by atoms with van der Waals surface area (Å²) in [6.45, 7) is 31.4. The van der Waals surface area contributed by atoms with Crippen molar-refractivity contribution in [1.82, 2.24) is 4.57 Å². The van der Waals surface area contributed by atoms with Crippen LogP contribution in [0.3, 0.4) is 0 Å². The highest BCUT2D eigenvalue weighted by atomic mass is 32.1. The van der Waals surface area contributed by atoms with Gasteiger partial charge in [0.2, 0.25) is 0 Å². The van der Waals surface area contributed by atoms with Crippen LogP contribution < -0.4 is 28.4 Å². The number of hydrogen-bond acceptors (Lipinski definition) is 11. The van der Waals surface area contributed by atoms with Gasteiger partial charge in [-0.3, -0.25) is 0 Å². The quantitative estimate of drug-likeness (QED) is 0.0408. The molecular formula is C61H99NO8S3. The van der Waals surface area contributed by atoms with E-state index in [-0.39, 0.29) is 0 Å². The fraction of sp³-hybridized carbons (Fsp3) is 0.738. The monoisotopic (exact) mass is 1070 g/mol. The Kier molecular flexibility index (Phi) is 27.8. The summed E-state index contributed by atoms with van der Waals surface area (Å²) < 4.78 is 57.4. The van der Waals surface area contributed by atoms with E-state index >= 15 is 0 Å². The number of fused-ring (bicyclic) bond motifs is 1. The first-order chi connectivity index (χ1) is 35.7. The van der Waals surface area contributed by atoms with Crippen molar-refractivity contribution >= 4 is 34.0 Å². The van der Waals surface area contributed by atoms with Crippen molar-refractivity contribution in [3.8, 4) is 65.4 Å². The van der Waals surface area contributed by atoms with Crippen molar-refractivity contribution in [3.05, 3.63) is 21.9 Å². The van der Waals surface area contributed by atoms with Crippen molar-refractivity contribution in [2.75, 3.05) is 66.1 Å². The molecule has 12 heteroatoms. The number of rotatable bonds is 40. The van der Waals surface area contributed by atoms with Crippen LogP contribution in [-0.2, 0) is 16.0 Å². The van der Waals surface area contributed by atoms with Gasteiger partial charge >= 0.3 is 0 Å². The largest absolute Gasteiger partial charge is 0.489 e. The van der Waals surface area contributed by atoms with E-state index < -0.39 is 5.41 Å². The van der Waals surface area contributed by atoms with Crippen molar-refractivity contribution in [2.24, 2.45) is 17.3 Å². The van der Waals surface area contributed by atoms with E-state index in [0.717, 1.165) is 172 Å². The maximum absolute atomic E-state index is 7.17. The average Bonchev–Trinajstić information content (AvgIpc) is 4.11. The van der Waals surface area contributed by atoms with Crippen LogP contribution in [0.2, 0.25) is 0 Å². The number of thiophene rings is 3. The number of aromatic nitrogens is 1. The number of nitrogens with zero attached hydrogens (tertiary/aromatic N) is 1. The molecule has 2 atom stereocenters. The number of ether oxygens (including phenoxy) is 8. The van der Waals surface area contributed by atoms with Gasteiger partial charge in [0.1, 0.15) is 13.2 Å². The number of aryl methyl sites for hydroxylation is 2. The van der Waals surface area contributed by atoms with E-state index in [1.807, 2.05) is 0 Å². The van der Waals surface area contributed by atoms with E-state index in [4.69, 9.17) is 37.9 Å². The molecule has 4 aromatic heterocycles. The van der Waals surface area contributed by atoms with Crippen LogP contribution in [-0.4, -0.2) is 70.6 Å². The third-order valence-electron chi connectivity index (χ3n) is 14.3. The molecule has 0 saturated carbocycles. The van der Waals surface area contributed by atoms with Gasteiger partial charge in [0.15, 0.2) is 34.5 Å². The summed E-state index contributed by atoms with van der Waals surface area (Å²) in [5.74, 6) is 6.08. The number of hydrogen-bond donors (Lipinski definition) is 0. The molecule has 5 heterocycles. The Morgan fingerprint density at radius 1 is 0.479 bits per heavy atom. The third-order valence-corrected chi connectivity index (χ3v) is 17.8. The molecule has 0 radical (unpaired) electrons. The Morgan fingerprint density at radius 2 is 0.918 bits per heavy atom. The molecule has 0 saturated heterocycles. The lowest BCUT2D eigenvalue weighted by atomic mass is 9.91. The zero-order valence-corrected chi connectivity index (χ0v) is 50.1. The normalized spacial score (nSPS) is 15.4. The Labute approximate surface area is 455 Å². The van der Waals surface area contributed by atoms with Gasteiger partial charge in [-0.2, -0.15) is 0 Å². The smallest absolute Gasteiger partial charge is 0.182 e. The second-order valence-corrected chi connectivity index (χ2v) is 24.2. The number of unbranched alkanes of at least 4 members (excludes halogenated alkanes) is 9. The Bertz CT molecular complexity index is 2110. The standard InChI is InChI=1S/C61H99NO8S3/c1-12-21-28-29-34-62-49(57-53(66-36-25-16-5)51(45(10)71-57)65-35-24-15-4)32-33-50(62)58-55(67-37-26-17-6)56(68-38-27-18-7)60(73-58)59-54-52(46(11)72-59)69-43-61(44-70-54,41-63-39-47(19-8)30-22-13-2)42-64-40-48(20-9)31-23-14-3/h32-33,47-48H,12-31,34-44H2,1-11H3. The van der Waals surface area contributed by atoms with Crippen molar-refractivity contribution in [2.45, 2.75) is 211 Å². The first kappa shape index (κ1) is 61.0. The van der Waals surface area contributed by atoms with E-state index in [2.05, 4.69) is 92.9 Å². The van der Waals surface area contributed by atoms with E-state index in [1.165, 1.54) is 51.4 Å². The second kappa shape index (κ2) is 33.3. The van der Waals surface area contributed by atoms with Crippen LogP contribution in [0.15, 0.2) is 12.1 Å². The first-order valence-electron chi connectivity index (χ1n) is 29.2. The molecule has 0 N–H and O–H groups in total. The molecule has 1 aliphatic rings. The van der Waals surface area contributed by atoms with E-state index in [0.29, 0.717) is 64.7 Å². The Morgan fingerprint density at radius 3 is 1.41 bits per heavy atom. The fourth-order valence-electron chi connectivity index (χ4n) is 9.37. The molecule has 73 heavy (non-hydrogen) atoms. The van der Waals surface area contributed by atoms with Crippen LogP contribution in [0.4, 0.5) is 0 Å². The molecule has 0 bridgehead atoms. The SMILES string of the molecule is CCCCCCn1c(-c2sc(C)c(OCCCC)c2OCCCC)ccc1-c1sc(-c2sc(C)c3c2OCC(COCC(CC)CCCC)(COCC(CC)CCCC)CO3)c(OCCCC)c1OCCCC. The molecule has 9 nitrogen and oxygen atoms in total. The average molecular weight is 1070 g/mol. The Hall–Kier alpha value is -2.90. The predicted octanol–water partition coefficient (Wildman–Crippen LogP) is 18.8. The summed E-state index contributed by atoms with van der Waals surface area (Å²) in [6, 6.07) is 4.61. The summed E-state index contributed by atoms with van der Waals surface area (Å²) in [5, 5.41) is 0. The van der Waals surface area contributed by atoms with Crippen LogP contribution in [0.25, 0.3) is 30.9 Å². The summed E-state index contributed by atoms with van der Waals surface area (Å²) in [5.41, 5.74) is 1.81. The van der Waals surface area contributed by atoms with Gasteiger partial charge in [0.05, 0.1) is 76.0 Å². The molecule has 0 aliphatic carbocycles. The lowest BCUT2D eigenvalue weighted by Crippen LogP contribution is -2.43. The third kappa shape index (κ3) is 17.3. The predicted molar refractivity (Wildman–Crippen MR) is 311 cm³/mol. The molecule has 2 unspecified atom stereocenters. The van der Waals surface area contributed by atoms with E-state index in [1.54, 1.807) is 34.0 Å². The van der Waals surface area contributed by atoms with Crippen LogP contribution in [0.1, 0.15) is 200 Å². The summed E-state index contributed by atoms with van der Waals surface area (Å²) in [7, 11) is 0. The highest BCUT2D eigenvalue weighted by Crippen LogP contribution is 2.60. The molecular weight excluding hydrogens is 971 g/mol. The first-order valence-corrected chi connectivity index (χ1v) is 31.7. The van der Waals surface area contributed by atoms with Gasteiger partial charge in [0, 0.05) is 29.5 Å². The lowest BCUT2D eigenvalue weighted by Gasteiger charge is -2.32. The zero-order chi connectivity index (χ0) is 52.4. The molecule has 5 rings (SSSR count). The summed E-state index contributed by atoms with van der Waals surface area (Å²) >= 11 is 5.28. The van der Waals surface area contributed by atoms with Crippen LogP contribution in [0, 0.1) is 31.1 Å². The van der Waals surface area contributed by atoms with Crippen molar-refractivity contribution in [3.63, 3.8) is 0 Å². The maximum atomic E-state index is 7.17. The van der Waals surface area contributed by atoms with Crippen molar-refractivity contribution < 1.29 is 37.9 Å². The summed E-state index contributed by atoms with van der Waals surface area (Å²) in [6.07, 6.45) is 22.2. The molecule has 1 aliphatic heterocycles. The minimum Gasteiger partial charge on any atom is -0.489 e. The van der Waals surface area contributed by atoms with E-state index in [9.17, 15) is 0 Å². The van der Waals surface area contributed by atoms with Crippen LogP contribution in [0.5, 0.6) is 34.5 Å². The van der Waals surface area contributed by atoms with Gasteiger partial charge < -0.3 is 42.5 Å². The van der Waals surface area contributed by atoms with Crippen LogP contribution >= 0.6 is 34.0 Å². The molecule has 0 fully saturated rings. The minimum atomic E-state index is -0.475. The minimum absolute atomic E-state index is 0.432. The maximum Gasteiger partial charge on any atom is 0.182 e. The zero-order valence-electron chi connectivity index (χ0n) is 47.7. The second-order valence-electron chi connectivity index (χ2n) is 20.8. The lowest BCUT2D eigenvalue weighted by molar-refractivity contribution is -0.0715. The molecule has 414 valence electrons. The molecule has 0 aromatic carbocycles. The van der Waals surface area contributed by atoms with Gasteiger partial charge in [-0.1, -0.05) is 146 Å². The molecule has 0 amide bonds. The summed E-state index contributed by atoms with van der Waals surface area (Å²) in [4.78, 5) is 6.50. The highest BCUT2D eigenvalue weighted by molar-refractivity contribution is 7.25. The van der Waals surface area contributed by atoms with Gasteiger partial charge in [-0.25, -0.2) is 0 Å². The topological polar surface area (TPSA) is 78.8 Å². The Balaban J connectivity index is 1.64. The van der Waals surface area contributed by atoms with Gasteiger partial charge in [0.25, 0.3) is 0 Å².